The molecule has 0 radical (unpaired) electrons. The van der Waals surface area contributed by atoms with Crippen molar-refractivity contribution in [2.75, 3.05) is 5.32 Å². The van der Waals surface area contributed by atoms with Gasteiger partial charge in [-0.1, -0.05) is 30.3 Å². The molecular formula is C13H12N4O3. The van der Waals surface area contributed by atoms with Gasteiger partial charge in [0, 0.05) is 12.6 Å². The highest BCUT2D eigenvalue weighted by atomic mass is 16.6. The van der Waals surface area contributed by atoms with Crippen molar-refractivity contribution in [1.82, 2.24) is 4.98 Å². The largest absolute Gasteiger partial charge is 0.365 e. The summed E-state index contributed by atoms with van der Waals surface area (Å²) in [6, 6.07) is 10.6. The second-order valence-electron chi connectivity index (χ2n) is 4.05. The third kappa shape index (κ3) is 3.08. The number of pyridine rings is 1. The number of nitro groups is 1. The van der Waals surface area contributed by atoms with Gasteiger partial charge >= 0.3 is 0 Å². The second kappa shape index (κ2) is 5.79. The van der Waals surface area contributed by atoms with Crippen LogP contribution in [0.4, 0.5) is 11.5 Å². The molecule has 3 N–H and O–H groups in total. The first-order valence-corrected chi connectivity index (χ1v) is 5.80. The summed E-state index contributed by atoms with van der Waals surface area (Å²) < 4.78 is 0. The summed E-state index contributed by atoms with van der Waals surface area (Å²) in [5, 5.41) is 13.6. The van der Waals surface area contributed by atoms with Crippen molar-refractivity contribution in [2.45, 2.75) is 6.54 Å². The van der Waals surface area contributed by atoms with E-state index in [-0.39, 0.29) is 17.1 Å². The van der Waals surface area contributed by atoms with Gasteiger partial charge in [0.1, 0.15) is 12.0 Å². The minimum Gasteiger partial charge on any atom is -0.365 e. The van der Waals surface area contributed by atoms with Crippen LogP contribution in [0.3, 0.4) is 0 Å². The molecule has 1 amide bonds. The van der Waals surface area contributed by atoms with Crippen LogP contribution in [0, 0.1) is 10.1 Å². The average Bonchev–Trinajstić information content (AvgIpc) is 2.45. The average molecular weight is 272 g/mol. The lowest BCUT2D eigenvalue weighted by atomic mass is 10.2. The fourth-order valence-corrected chi connectivity index (χ4v) is 1.66. The van der Waals surface area contributed by atoms with Gasteiger partial charge in [-0.25, -0.2) is 4.98 Å². The van der Waals surface area contributed by atoms with E-state index in [0.29, 0.717) is 6.54 Å². The molecular weight excluding hydrogens is 260 g/mol. The number of nitrogens with zero attached hydrogens (tertiary/aromatic N) is 2. The SMILES string of the molecule is NC(=O)c1cc([N+](=O)[O-])cnc1NCc1ccccc1. The van der Waals surface area contributed by atoms with Gasteiger partial charge in [0.05, 0.1) is 10.5 Å². The Balaban J connectivity index is 2.23. The first-order chi connectivity index (χ1) is 9.58. The maximum absolute atomic E-state index is 11.3. The second-order valence-corrected chi connectivity index (χ2v) is 4.05. The maximum atomic E-state index is 11.3. The van der Waals surface area contributed by atoms with E-state index in [1.165, 1.54) is 0 Å². The predicted molar refractivity (Wildman–Crippen MR) is 73.2 cm³/mol. The molecule has 1 aromatic heterocycles. The Kier molecular flexibility index (Phi) is 3.90. The van der Waals surface area contributed by atoms with Crippen molar-refractivity contribution in [1.29, 1.82) is 0 Å². The molecule has 1 aromatic carbocycles. The number of amides is 1. The summed E-state index contributed by atoms with van der Waals surface area (Å²) in [4.78, 5) is 25.2. The summed E-state index contributed by atoms with van der Waals surface area (Å²) in [7, 11) is 0. The predicted octanol–water partition coefficient (Wildman–Crippen LogP) is 1.70. The van der Waals surface area contributed by atoms with Crippen LogP contribution in [-0.4, -0.2) is 15.8 Å². The Morgan fingerprint density at radius 3 is 2.65 bits per heavy atom. The van der Waals surface area contributed by atoms with E-state index >= 15 is 0 Å². The number of carbonyl (C=O) groups is 1. The molecule has 0 atom stereocenters. The number of benzene rings is 1. The topological polar surface area (TPSA) is 111 Å². The molecule has 0 bridgehead atoms. The van der Waals surface area contributed by atoms with E-state index in [1.807, 2.05) is 30.3 Å². The van der Waals surface area contributed by atoms with Gasteiger partial charge in [-0.3, -0.25) is 14.9 Å². The number of nitrogens with one attached hydrogen (secondary N) is 1. The number of aromatic nitrogens is 1. The van der Waals surface area contributed by atoms with Crippen LogP contribution in [0.15, 0.2) is 42.6 Å². The van der Waals surface area contributed by atoms with Gasteiger partial charge in [-0.05, 0) is 5.56 Å². The fourth-order valence-electron chi connectivity index (χ4n) is 1.66. The van der Waals surface area contributed by atoms with Crippen molar-refractivity contribution >= 4 is 17.4 Å². The van der Waals surface area contributed by atoms with E-state index in [1.54, 1.807) is 0 Å². The number of nitrogens with two attached hydrogens (primary N) is 1. The van der Waals surface area contributed by atoms with Crippen LogP contribution in [-0.2, 0) is 6.54 Å². The molecule has 0 fully saturated rings. The first-order valence-electron chi connectivity index (χ1n) is 5.80. The van der Waals surface area contributed by atoms with Gasteiger partial charge in [-0.15, -0.1) is 0 Å². The third-order valence-corrected chi connectivity index (χ3v) is 2.65. The van der Waals surface area contributed by atoms with Gasteiger partial charge < -0.3 is 11.1 Å². The van der Waals surface area contributed by atoms with E-state index in [9.17, 15) is 14.9 Å². The molecule has 0 saturated carbocycles. The molecule has 2 rings (SSSR count). The van der Waals surface area contributed by atoms with Crippen molar-refractivity contribution in [3.63, 3.8) is 0 Å². The molecule has 0 saturated heterocycles. The van der Waals surface area contributed by atoms with Crippen LogP contribution < -0.4 is 11.1 Å². The number of carbonyl (C=O) groups excluding carboxylic acids is 1. The number of primary amides is 1. The summed E-state index contributed by atoms with van der Waals surface area (Å²) in [5.41, 5.74) is 5.92. The quantitative estimate of drug-likeness (QED) is 0.635. The minimum atomic E-state index is -0.767. The molecule has 0 aliphatic carbocycles. The van der Waals surface area contributed by atoms with Crippen LogP contribution in [0.2, 0.25) is 0 Å². The zero-order valence-corrected chi connectivity index (χ0v) is 10.4. The lowest BCUT2D eigenvalue weighted by molar-refractivity contribution is -0.385. The smallest absolute Gasteiger partial charge is 0.288 e. The Hall–Kier alpha value is -2.96. The van der Waals surface area contributed by atoms with Gasteiger partial charge in [-0.2, -0.15) is 0 Å². The number of hydrogen-bond donors (Lipinski definition) is 2. The standard InChI is InChI=1S/C13H12N4O3/c14-12(18)11-6-10(17(19)20)8-16-13(11)15-7-9-4-2-1-3-5-9/h1-6,8H,7H2,(H2,14,18)(H,15,16). The van der Waals surface area contributed by atoms with Crippen molar-refractivity contribution in [3.05, 3.63) is 63.8 Å². The summed E-state index contributed by atoms with van der Waals surface area (Å²) in [6.45, 7) is 0.436. The lowest BCUT2D eigenvalue weighted by Crippen LogP contribution is -2.16. The molecule has 2 aromatic rings. The molecule has 7 nitrogen and oxygen atoms in total. The summed E-state index contributed by atoms with van der Waals surface area (Å²) >= 11 is 0. The van der Waals surface area contributed by atoms with Crippen molar-refractivity contribution < 1.29 is 9.72 Å². The fraction of sp³-hybridized carbons (Fsp3) is 0.0769. The number of anilines is 1. The molecule has 7 heteroatoms. The van der Waals surface area contributed by atoms with E-state index in [0.717, 1.165) is 17.8 Å². The molecule has 1 heterocycles. The molecule has 0 aliphatic rings. The summed E-state index contributed by atoms with van der Waals surface area (Å²) in [5.74, 6) is -0.538. The third-order valence-electron chi connectivity index (χ3n) is 2.65. The van der Waals surface area contributed by atoms with Gasteiger partial charge in [0.15, 0.2) is 0 Å². The van der Waals surface area contributed by atoms with Crippen molar-refractivity contribution in [3.8, 4) is 0 Å². The zero-order chi connectivity index (χ0) is 14.5. The van der Waals surface area contributed by atoms with Gasteiger partial charge in [0.2, 0.25) is 0 Å². The molecule has 20 heavy (non-hydrogen) atoms. The monoisotopic (exact) mass is 272 g/mol. The van der Waals surface area contributed by atoms with E-state index in [2.05, 4.69) is 10.3 Å². The number of hydrogen-bond acceptors (Lipinski definition) is 5. The number of rotatable bonds is 5. The van der Waals surface area contributed by atoms with Crippen LogP contribution in [0.5, 0.6) is 0 Å². The lowest BCUT2D eigenvalue weighted by Gasteiger charge is -2.08. The Morgan fingerprint density at radius 2 is 2.05 bits per heavy atom. The van der Waals surface area contributed by atoms with Crippen LogP contribution in [0.25, 0.3) is 0 Å². The summed E-state index contributed by atoms with van der Waals surface area (Å²) in [6.07, 6.45) is 1.08. The highest BCUT2D eigenvalue weighted by molar-refractivity contribution is 5.98. The normalized spacial score (nSPS) is 10.0. The highest BCUT2D eigenvalue weighted by Crippen LogP contribution is 2.19. The van der Waals surface area contributed by atoms with E-state index in [4.69, 9.17) is 5.73 Å². The Morgan fingerprint density at radius 1 is 1.35 bits per heavy atom. The highest BCUT2D eigenvalue weighted by Gasteiger charge is 2.15. The first kappa shape index (κ1) is 13.5. The zero-order valence-electron chi connectivity index (χ0n) is 10.4. The maximum Gasteiger partial charge on any atom is 0.288 e. The molecule has 0 spiro atoms. The molecule has 102 valence electrons. The molecule has 0 unspecified atom stereocenters. The van der Waals surface area contributed by atoms with Crippen LogP contribution >= 0.6 is 0 Å². The van der Waals surface area contributed by atoms with Gasteiger partial charge in [0.25, 0.3) is 11.6 Å². The molecule has 0 aliphatic heterocycles. The Bertz CT molecular complexity index is 643. The van der Waals surface area contributed by atoms with Crippen molar-refractivity contribution in [2.24, 2.45) is 5.73 Å². The minimum absolute atomic E-state index is 0.00451. The van der Waals surface area contributed by atoms with E-state index < -0.39 is 10.8 Å². The van der Waals surface area contributed by atoms with Crippen LogP contribution in [0.1, 0.15) is 15.9 Å². The Labute approximate surface area is 114 Å².